The number of likely N-dealkylation sites (tertiary alicyclic amines) is 1. The maximum Gasteiger partial charge on any atom is 0.278 e. The van der Waals surface area contributed by atoms with Gasteiger partial charge in [-0.2, -0.15) is 0 Å². The second-order valence-corrected chi connectivity index (χ2v) is 8.87. The van der Waals surface area contributed by atoms with E-state index in [1.54, 1.807) is 18.2 Å². The summed E-state index contributed by atoms with van der Waals surface area (Å²) in [6, 6.07) is 13.5. The SMILES string of the molecule is CC1CCN(C2=C(c3ccc(OC(C)C)cc3)C(=O)N(Cc3ccccc3F)C2=O)CC1. The maximum absolute atomic E-state index is 14.3. The molecular weight excluding hydrogens is 407 g/mol. The zero-order valence-electron chi connectivity index (χ0n) is 18.8. The second-order valence-electron chi connectivity index (χ2n) is 8.87. The average Bonchev–Trinajstić information content (AvgIpc) is 3.01. The number of amides is 2. The predicted octanol–water partition coefficient (Wildman–Crippen LogP) is 4.62. The summed E-state index contributed by atoms with van der Waals surface area (Å²) in [7, 11) is 0. The fourth-order valence-electron chi connectivity index (χ4n) is 4.26. The first kappa shape index (κ1) is 22.1. The minimum Gasteiger partial charge on any atom is -0.491 e. The number of piperidine rings is 1. The highest BCUT2D eigenvalue weighted by Gasteiger charge is 2.42. The van der Waals surface area contributed by atoms with Gasteiger partial charge >= 0.3 is 0 Å². The van der Waals surface area contributed by atoms with E-state index in [2.05, 4.69) is 6.92 Å². The Morgan fingerprint density at radius 3 is 2.28 bits per heavy atom. The summed E-state index contributed by atoms with van der Waals surface area (Å²) in [6.45, 7) is 7.46. The van der Waals surface area contributed by atoms with Crippen molar-refractivity contribution in [2.75, 3.05) is 13.1 Å². The summed E-state index contributed by atoms with van der Waals surface area (Å²) in [5.74, 6) is 0.127. The molecule has 2 amide bonds. The van der Waals surface area contributed by atoms with Gasteiger partial charge in [0.2, 0.25) is 0 Å². The monoisotopic (exact) mass is 436 g/mol. The van der Waals surface area contributed by atoms with Gasteiger partial charge in [0.15, 0.2) is 0 Å². The molecule has 6 heteroatoms. The number of hydrogen-bond donors (Lipinski definition) is 0. The minimum absolute atomic E-state index is 0.0388. The molecule has 0 atom stereocenters. The molecule has 0 aliphatic carbocycles. The molecule has 0 aromatic heterocycles. The summed E-state index contributed by atoms with van der Waals surface area (Å²) >= 11 is 0. The van der Waals surface area contributed by atoms with E-state index >= 15 is 0 Å². The van der Waals surface area contributed by atoms with Crippen LogP contribution in [-0.4, -0.2) is 40.8 Å². The number of nitrogens with zero attached hydrogens (tertiary/aromatic N) is 2. The van der Waals surface area contributed by atoms with Crippen LogP contribution < -0.4 is 4.74 Å². The van der Waals surface area contributed by atoms with Crippen LogP contribution in [0, 0.1) is 11.7 Å². The maximum atomic E-state index is 14.3. The van der Waals surface area contributed by atoms with Crippen molar-refractivity contribution in [3.05, 3.63) is 71.2 Å². The van der Waals surface area contributed by atoms with Gasteiger partial charge in [0.25, 0.3) is 11.8 Å². The molecule has 4 rings (SSSR count). The molecule has 0 spiro atoms. The quantitative estimate of drug-likeness (QED) is 0.620. The van der Waals surface area contributed by atoms with Crippen molar-refractivity contribution in [2.45, 2.75) is 46.3 Å². The summed E-state index contributed by atoms with van der Waals surface area (Å²) in [5, 5.41) is 0. The molecule has 2 aromatic carbocycles. The van der Waals surface area contributed by atoms with E-state index in [0.717, 1.165) is 25.9 Å². The Balaban J connectivity index is 1.70. The van der Waals surface area contributed by atoms with Crippen LogP contribution in [0.15, 0.2) is 54.2 Å². The normalized spacial score (nSPS) is 17.7. The highest BCUT2D eigenvalue weighted by molar-refractivity contribution is 6.35. The highest BCUT2D eigenvalue weighted by atomic mass is 19.1. The number of imide groups is 1. The van der Waals surface area contributed by atoms with Gasteiger partial charge in [-0.05, 0) is 56.4 Å². The summed E-state index contributed by atoms with van der Waals surface area (Å²) in [6.07, 6.45) is 1.97. The molecule has 32 heavy (non-hydrogen) atoms. The number of rotatable bonds is 6. The number of benzene rings is 2. The predicted molar refractivity (Wildman–Crippen MR) is 121 cm³/mol. The van der Waals surface area contributed by atoms with Crippen LogP contribution >= 0.6 is 0 Å². The molecule has 168 valence electrons. The van der Waals surface area contributed by atoms with E-state index in [0.29, 0.717) is 34.1 Å². The van der Waals surface area contributed by atoms with Gasteiger partial charge in [-0.3, -0.25) is 14.5 Å². The zero-order valence-corrected chi connectivity index (χ0v) is 18.8. The van der Waals surface area contributed by atoms with Crippen molar-refractivity contribution in [3.8, 4) is 5.75 Å². The molecule has 2 heterocycles. The highest BCUT2D eigenvalue weighted by Crippen LogP contribution is 2.35. The third-order valence-corrected chi connectivity index (χ3v) is 6.04. The van der Waals surface area contributed by atoms with E-state index in [1.807, 2.05) is 43.0 Å². The van der Waals surface area contributed by atoms with E-state index in [-0.39, 0.29) is 24.5 Å². The van der Waals surface area contributed by atoms with Crippen molar-refractivity contribution >= 4 is 17.4 Å². The molecule has 1 fully saturated rings. The third-order valence-electron chi connectivity index (χ3n) is 6.04. The Hall–Kier alpha value is -3.15. The molecule has 2 aliphatic rings. The Labute approximate surface area is 188 Å². The average molecular weight is 437 g/mol. The lowest BCUT2D eigenvalue weighted by Gasteiger charge is -2.32. The van der Waals surface area contributed by atoms with E-state index < -0.39 is 5.82 Å². The van der Waals surface area contributed by atoms with Gasteiger partial charge in [-0.1, -0.05) is 37.3 Å². The molecule has 0 radical (unpaired) electrons. The van der Waals surface area contributed by atoms with E-state index in [1.165, 1.54) is 11.0 Å². The Bertz CT molecular complexity index is 1040. The van der Waals surface area contributed by atoms with Crippen LogP contribution in [0.5, 0.6) is 5.75 Å². The van der Waals surface area contributed by atoms with Gasteiger partial charge in [-0.25, -0.2) is 4.39 Å². The van der Waals surface area contributed by atoms with Crippen molar-refractivity contribution in [1.82, 2.24) is 9.80 Å². The summed E-state index contributed by atoms with van der Waals surface area (Å²) in [5.41, 5.74) is 1.81. The number of carbonyl (C=O) groups is 2. The van der Waals surface area contributed by atoms with Crippen LogP contribution in [-0.2, 0) is 16.1 Å². The first-order valence-corrected chi connectivity index (χ1v) is 11.2. The first-order valence-electron chi connectivity index (χ1n) is 11.2. The lowest BCUT2D eigenvalue weighted by atomic mass is 9.97. The minimum atomic E-state index is -0.426. The molecule has 0 saturated carbocycles. The van der Waals surface area contributed by atoms with Gasteiger partial charge in [-0.15, -0.1) is 0 Å². The topological polar surface area (TPSA) is 49.9 Å². The van der Waals surface area contributed by atoms with Gasteiger partial charge in [0, 0.05) is 18.7 Å². The molecule has 2 aromatic rings. The molecule has 2 aliphatic heterocycles. The van der Waals surface area contributed by atoms with Crippen LogP contribution in [0.2, 0.25) is 0 Å². The summed E-state index contributed by atoms with van der Waals surface area (Å²) in [4.78, 5) is 30.1. The van der Waals surface area contributed by atoms with Crippen molar-refractivity contribution < 1.29 is 18.7 Å². The van der Waals surface area contributed by atoms with Crippen LogP contribution in [0.25, 0.3) is 5.57 Å². The number of carbonyl (C=O) groups excluding carboxylic acids is 2. The Morgan fingerprint density at radius 2 is 1.66 bits per heavy atom. The number of halogens is 1. The molecule has 0 bridgehead atoms. The van der Waals surface area contributed by atoms with Crippen LogP contribution in [0.1, 0.15) is 44.7 Å². The largest absolute Gasteiger partial charge is 0.491 e. The molecular formula is C26H29FN2O3. The van der Waals surface area contributed by atoms with Gasteiger partial charge in [0.05, 0.1) is 18.2 Å². The van der Waals surface area contributed by atoms with Crippen molar-refractivity contribution in [2.24, 2.45) is 5.92 Å². The smallest absolute Gasteiger partial charge is 0.278 e. The molecule has 0 N–H and O–H groups in total. The first-order chi connectivity index (χ1) is 15.3. The zero-order chi connectivity index (χ0) is 22.8. The number of ether oxygens (including phenoxy) is 1. The second kappa shape index (κ2) is 9.15. The van der Waals surface area contributed by atoms with Gasteiger partial charge in [0.1, 0.15) is 17.3 Å². The number of hydrogen-bond acceptors (Lipinski definition) is 4. The molecule has 0 unspecified atom stereocenters. The molecule has 1 saturated heterocycles. The lowest BCUT2D eigenvalue weighted by molar-refractivity contribution is -0.138. The third kappa shape index (κ3) is 4.40. The van der Waals surface area contributed by atoms with Gasteiger partial charge < -0.3 is 9.64 Å². The lowest BCUT2D eigenvalue weighted by Crippen LogP contribution is -2.38. The van der Waals surface area contributed by atoms with Crippen molar-refractivity contribution in [1.29, 1.82) is 0 Å². The fraction of sp³-hybridized carbons (Fsp3) is 0.385. The van der Waals surface area contributed by atoms with E-state index in [9.17, 15) is 14.0 Å². The molecule has 5 nitrogen and oxygen atoms in total. The summed E-state index contributed by atoms with van der Waals surface area (Å²) < 4.78 is 20.0. The standard InChI is InChI=1S/C26H29FN2O3/c1-17(2)32-21-10-8-19(9-11-21)23-24(28-14-12-18(3)13-15-28)26(31)29(25(23)30)16-20-6-4-5-7-22(20)27/h4-11,17-18H,12-16H2,1-3H3. The van der Waals surface area contributed by atoms with E-state index in [4.69, 9.17) is 4.74 Å². The van der Waals surface area contributed by atoms with Crippen LogP contribution in [0.4, 0.5) is 4.39 Å². The Morgan fingerprint density at radius 1 is 1.00 bits per heavy atom. The Kier molecular flexibility index (Phi) is 6.31. The van der Waals surface area contributed by atoms with Crippen molar-refractivity contribution in [3.63, 3.8) is 0 Å². The fourth-order valence-corrected chi connectivity index (χ4v) is 4.26. The van der Waals surface area contributed by atoms with Crippen LogP contribution in [0.3, 0.4) is 0 Å².